The average Bonchev–Trinajstić information content (AvgIpc) is 2.60. The molecule has 1 fully saturated rings. The van der Waals surface area contributed by atoms with Crippen molar-refractivity contribution < 1.29 is 9.52 Å². The maximum absolute atomic E-state index is 11.6. The molecule has 0 atom stereocenters. The van der Waals surface area contributed by atoms with E-state index in [2.05, 4.69) is 15.9 Å². The number of benzene rings is 1. The highest BCUT2D eigenvalue weighted by Gasteiger charge is 2.21. The summed E-state index contributed by atoms with van der Waals surface area (Å²) in [5.41, 5.74) is 1.22. The summed E-state index contributed by atoms with van der Waals surface area (Å²) in [4.78, 5) is 16.0. The van der Waals surface area contributed by atoms with Crippen LogP contribution in [0.4, 0.5) is 5.69 Å². The molecule has 0 spiro atoms. The second-order valence-corrected chi connectivity index (χ2v) is 5.89. The minimum Gasteiger partial charge on any atom is -0.502 e. The van der Waals surface area contributed by atoms with Crippen LogP contribution in [0.5, 0.6) is 5.75 Å². The van der Waals surface area contributed by atoms with Gasteiger partial charge in [0.25, 0.3) is 0 Å². The summed E-state index contributed by atoms with van der Waals surface area (Å²) in [6, 6.07) is 11.1. The van der Waals surface area contributed by atoms with E-state index in [4.69, 9.17) is 4.42 Å². The van der Waals surface area contributed by atoms with E-state index in [1.165, 1.54) is 6.07 Å². The van der Waals surface area contributed by atoms with Crippen LogP contribution in [-0.2, 0) is 6.54 Å². The van der Waals surface area contributed by atoms with Crippen molar-refractivity contribution in [3.8, 4) is 11.8 Å². The van der Waals surface area contributed by atoms with Crippen LogP contribution in [0, 0.1) is 18.3 Å². The van der Waals surface area contributed by atoms with Crippen molar-refractivity contribution in [3.05, 3.63) is 57.6 Å². The Morgan fingerprint density at radius 3 is 2.67 bits per heavy atom. The Bertz CT molecular complexity index is 830. The van der Waals surface area contributed by atoms with Gasteiger partial charge < -0.3 is 14.4 Å². The Balaban J connectivity index is 1.68. The first kappa shape index (κ1) is 16.1. The molecular weight excluding hydrogens is 306 g/mol. The van der Waals surface area contributed by atoms with Crippen molar-refractivity contribution >= 4 is 5.69 Å². The zero-order valence-corrected chi connectivity index (χ0v) is 13.5. The lowest BCUT2D eigenvalue weighted by Crippen LogP contribution is -2.46. The second kappa shape index (κ2) is 6.77. The maximum Gasteiger partial charge on any atom is 0.227 e. The topological polar surface area (TPSA) is 80.7 Å². The SMILES string of the molecule is Cc1cc(=O)c(O)c(CN2CCN(c3ccccc3C#N)CC2)o1. The smallest absolute Gasteiger partial charge is 0.227 e. The van der Waals surface area contributed by atoms with Crippen LogP contribution in [0.25, 0.3) is 0 Å². The molecule has 24 heavy (non-hydrogen) atoms. The van der Waals surface area contributed by atoms with Crippen LogP contribution in [0.1, 0.15) is 17.1 Å². The van der Waals surface area contributed by atoms with Crippen LogP contribution >= 0.6 is 0 Å². The third kappa shape index (κ3) is 3.26. The quantitative estimate of drug-likeness (QED) is 0.927. The number of hydrogen-bond acceptors (Lipinski definition) is 6. The molecule has 2 aromatic rings. The molecule has 6 heteroatoms. The van der Waals surface area contributed by atoms with Gasteiger partial charge in [0, 0.05) is 32.2 Å². The number of piperazine rings is 1. The number of nitriles is 1. The summed E-state index contributed by atoms with van der Waals surface area (Å²) in [5.74, 6) is 0.498. The molecule has 1 aliphatic heterocycles. The van der Waals surface area contributed by atoms with Crippen LogP contribution < -0.4 is 10.3 Å². The summed E-state index contributed by atoms with van der Waals surface area (Å²) in [7, 11) is 0. The molecule has 1 aromatic heterocycles. The molecule has 1 aliphatic rings. The molecule has 1 saturated heterocycles. The van der Waals surface area contributed by atoms with Gasteiger partial charge in [-0.1, -0.05) is 12.1 Å². The number of nitrogens with zero attached hydrogens (tertiary/aromatic N) is 3. The Hall–Kier alpha value is -2.78. The van der Waals surface area contributed by atoms with E-state index in [1.54, 1.807) is 6.92 Å². The van der Waals surface area contributed by atoms with E-state index in [1.807, 2.05) is 24.3 Å². The summed E-state index contributed by atoms with van der Waals surface area (Å²) in [6.07, 6.45) is 0. The van der Waals surface area contributed by atoms with Crippen molar-refractivity contribution in [1.82, 2.24) is 4.90 Å². The zero-order chi connectivity index (χ0) is 17.1. The molecule has 0 unspecified atom stereocenters. The Morgan fingerprint density at radius 2 is 1.96 bits per heavy atom. The number of rotatable bonds is 3. The second-order valence-electron chi connectivity index (χ2n) is 5.89. The molecule has 0 saturated carbocycles. The number of anilines is 1. The molecule has 1 N–H and O–H groups in total. The molecule has 124 valence electrons. The van der Waals surface area contributed by atoms with Crippen LogP contribution in [-0.4, -0.2) is 36.2 Å². The van der Waals surface area contributed by atoms with Gasteiger partial charge in [0.05, 0.1) is 17.8 Å². The lowest BCUT2D eigenvalue weighted by atomic mass is 10.1. The van der Waals surface area contributed by atoms with E-state index in [-0.39, 0.29) is 5.75 Å². The Morgan fingerprint density at radius 1 is 1.25 bits per heavy atom. The van der Waals surface area contributed by atoms with Gasteiger partial charge in [-0.3, -0.25) is 9.69 Å². The van der Waals surface area contributed by atoms with Gasteiger partial charge in [0.15, 0.2) is 5.76 Å². The van der Waals surface area contributed by atoms with E-state index in [9.17, 15) is 15.2 Å². The van der Waals surface area contributed by atoms with Crippen LogP contribution in [0.15, 0.2) is 39.5 Å². The summed E-state index contributed by atoms with van der Waals surface area (Å²) < 4.78 is 5.49. The third-order valence-electron chi connectivity index (χ3n) is 4.22. The minimum atomic E-state index is -0.407. The number of aromatic hydroxyl groups is 1. The van der Waals surface area contributed by atoms with Gasteiger partial charge in [-0.15, -0.1) is 0 Å². The molecule has 0 aliphatic carbocycles. The maximum atomic E-state index is 11.6. The third-order valence-corrected chi connectivity index (χ3v) is 4.22. The highest BCUT2D eigenvalue weighted by Crippen LogP contribution is 2.22. The van der Waals surface area contributed by atoms with Gasteiger partial charge in [-0.05, 0) is 19.1 Å². The molecule has 1 aromatic carbocycles. The normalized spacial score (nSPS) is 15.2. The highest BCUT2D eigenvalue weighted by molar-refractivity contribution is 5.59. The van der Waals surface area contributed by atoms with Crippen LogP contribution in [0.2, 0.25) is 0 Å². The molecule has 0 bridgehead atoms. The summed E-state index contributed by atoms with van der Waals surface area (Å²) >= 11 is 0. The summed E-state index contributed by atoms with van der Waals surface area (Å²) in [5, 5.41) is 19.1. The largest absolute Gasteiger partial charge is 0.502 e. The van der Waals surface area contributed by atoms with Crippen molar-refractivity contribution in [2.75, 3.05) is 31.1 Å². The first-order valence-electron chi connectivity index (χ1n) is 7.87. The van der Waals surface area contributed by atoms with Gasteiger partial charge >= 0.3 is 0 Å². The molecule has 0 radical (unpaired) electrons. The average molecular weight is 325 g/mol. The molecule has 3 rings (SSSR count). The lowest BCUT2D eigenvalue weighted by molar-refractivity contribution is 0.220. The van der Waals surface area contributed by atoms with E-state index in [0.29, 0.717) is 23.6 Å². The molecular formula is C18H19N3O3. The van der Waals surface area contributed by atoms with Crippen molar-refractivity contribution in [2.24, 2.45) is 0 Å². The van der Waals surface area contributed by atoms with Gasteiger partial charge in [-0.2, -0.15) is 5.26 Å². The molecule has 0 amide bonds. The van der Waals surface area contributed by atoms with Crippen molar-refractivity contribution in [2.45, 2.75) is 13.5 Å². The van der Waals surface area contributed by atoms with E-state index in [0.717, 1.165) is 31.9 Å². The van der Waals surface area contributed by atoms with Gasteiger partial charge in [0.1, 0.15) is 11.8 Å². The van der Waals surface area contributed by atoms with Gasteiger partial charge in [0.2, 0.25) is 11.2 Å². The minimum absolute atomic E-state index is 0.308. The fraction of sp³-hybridized carbons (Fsp3) is 0.333. The standard InChI is InChI=1S/C18H19N3O3/c1-13-10-16(22)18(23)17(24-13)12-20-6-8-21(9-7-20)15-5-3-2-4-14(15)11-19/h2-5,10,23H,6-9,12H2,1H3. The van der Waals surface area contributed by atoms with E-state index < -0.39 is 5.43 Å². The predicted octanol–water partition coefficient (Wildman–Crippen LogP) is 1.85. The zero-order valence-electron chi connectivity index (χ0n) is 13.5. The predicted molar refractivity (Wildman–Crippen MR) is 90.0 cm³/mol. The first-order chi connectivity index (χ1) is 11.6. The fourth-order valence-corrected chi connectivity index (χ4v) is 2.96. The van der Waals surface area contributed by atoms with E-state index >= 15 is 0 Å². The summed E-state index contributed by atoms with van der Waals surface area (Å²) in [6.45, 7) is 5.16. The number of aryl methyl sites for hydroxylation is 1. The fourth-order valence-electron chi connectivity index (χ4n) is 2.96. The number of hydrogen-bond donors (Lipinski definition) is 1. The monoisotopic (exact) mass is 325 g/mol. The highest BCUT2D eigenvalue weighted by atomic mass is 16.4. The van der Waals surface area contributed by atoms with Gasteiger partial charge in [-0.25, -0.2) is 0 Å². The van der Waals surface area contributed by atoms with Crippen molar-refractivity contribution in [1.29, 1.82) is 5.26 Å². The molecule has 2 heterocycles. The lowest BCUT2D eigenvalue weighted by Gasteiger charge is -2.36. The Labute approximate surface area is 140 Å². The number of para-hydroxylation sites is 1. The molecule has 6 nitrogen and oxygen atoms in total. The van der Waals surface area contributed by atoms with Crippen molar-refractivity contribution in [3.63, 3.8) is 0 Å². The van der Waals surface area contributed by atoms with Crippen LogP contribution in [0.3, 0.4) is 0 Å². The Kier molecular flexibility index (Phi) is 4.54. The first-order valence-corrected chi connectivity index (χ1v) is 7.87.